The van der Waals surface area contributed by atoms with Crippen LogP contribution in [0, 0.1) is 5.82 Å². The van der Waals surface area contributed by atoms with Gasteiger partial charge in [0.2, 0.25) is 5.91 Å². The Labute approximate surface area is 164 Å². The monoisotopic (exact) mass is 384 g/mol. The molecule has 2 heterocycles. The van der Waals surface area contributed by atoms with Crippen LogP contribution in [0.1, 0.15) is 26.2 Å². The summed E-state index contributed by atoms with van der Waals surface area (Å²) in [5, 5.41) is 2.80. The van der Waals surface area contributed by atoms with Crippen molar-refractivity contribution in [3.05, 3.63) is 48.4 Å². The minimum atomic E-state index is -0.303. The predicted molar refractivity (Wildman–Crippen MR) is 106 cm³/mol. The Hall–Kier alpha value is -2.96. The highest BCUT2D eigenvalue weighted by Crippen LogP contribution is 2.21. The van der Waals surface area contributed by atoms with Crippen LogP contribution < -0.4 is 5.32 Å². The van der Waals surface area contributed by atoms with E-state index in [9.17, 15) is 14.0 Å². The minimum Gasteiger partial charge on any atom is -0.343 e. The number of pyridine rings is 1. The molecule has 0 radical (unpaired) electrons. The molecule has 0 atom stereocenters. The number of carbonyl (C=O) groups excluding carboxylic acids is 2. The number of aromatic nitrogens is 1. The van der Waals surface area contributed by atoms with Gasteiger partial charge in [-0.1, -0.05) is 19.1 Å². The highest BCUT2D eigenvalue weighted by atomic mass is 19.1. The van der Waals surface area contributed by atoms with E-state index in [1.54, 1.807) is 36.3 Å². The van der Waals surface area contributed by atoms with Gasteiger partial charge in [-0.25, -0.2) is 14.2 Å². The number of likely N-dealkylation sites (tertiary alicyclic amines) is 1. The molecule has 6 nitrogen and oxygen atoms in total. The summed E-state index contributed by atoms with van der Waals surface area (Å²) in [6.45, 7) is 3.21. The first-order chi connectivity index (χ1) is 13.5. The molecule has 1 fully saturated rings. The molecule has 1 aliphatic heterocycles. The van der Waals surface area contributed by atoms with Crippen molar-refractivity contribution in [1.82, 2.24) is 14.8 Å². The van der Waals surface area contributed by atoms with Crippen LogP contribution in [-0.4, -0.2) is 52.9 Å². The summed E-state index contributed by atoms with van der Waals surface area (Å²) in [6.07, 6.45) is 3.65. The lowest BCUT2D eigenvalue weighted by Gasteiger charge is -2.36. The number of nitrogens with one attached hydrogen (secondary N) is 1. The summed E-state index contributed by atoms with van der Waals surface area (Å²) >= 11 is 0. The van der Waals surface area contributed by atoms with Crippen molar-refractivity contribution in [2.75, 3.05) is 25.5 Å². The maximum Gasteiger partial charge on any atom is 0.323 e. The normalized spacial score (nSPS) is 14.6. The van der Waals surface area contributed by atoms with Gasteiger partial charge in [-0.05, 0) is 42.7 Å². The molecule has 0 spiro atoms. The van der Waals surface area contributed by atoms with Crippen LogP contribution in [0.3, 0.4) is 0 Å². The Morgan fingerprint density at radius 1 is 1.21 bits per heavy atom. The summed E-state index contributed by atoms with van der Waals surface area (Å²) in [6, 6.07) is 9.65. The van der Waals surface area contributed by atoms with E-state index in [4.69, 9.17) is 0 Å². The van der Waals surface area contributed by atoms with Crippen LogP contribution >= 0.6 is 0 Å². The van der Waals surface area contributed by atoms with E-state index in [2.05, 4.69) is 10.3 Å². The molecule has 7 heteroatoms. The van der Waals surface area contributed by atoms with Crippen molar-refractivity contribution in [2.45, 2.75) is 32.2 Å². The molecule has 148 valence electrons. The summed E-state index contributed by atoms with van der Waals surface area (Å²) in [5.74, 6) is 0.298. The Morgan fingerprint density at radius 3 is 2.57 bits per heavy atom. The number of rotatable bonds is 4. The lowest BCUT2D eigenvalue weighted by atomic mass is 10.0. The van der Waals surface area contributed by atoms with E-state index in [0.717, 1.165) is 24.0 Å². The van der Waals surface area contributed by atoms with Gasteiger partial charge in [-0.15, -0.1) is 0 Å². The highest BCUT2D eigenvalue weighted by molar-refractivity contribution is 5.88. The van der Waals surface area contributed by atoms with Gasteiger partial charge in [0.15, 0.2) is 0 Å². The zero-order valence-electron chi connectivity index (χ0n) is 16.2. The van der Waals surface area contributed by atoms with E-state index >= 15 is 0 Å². The molecule has 1 aromatic carbocycles. The third kappa shape index (κ3) is 4.65. The fraction of sp³-hybridized carbons (Fsp3) is 0.381. The van der Waals surface area contributed by atoms with Gasteiger partial charge >= 0.3 is 6.03 Å². The minimum absolute atomic E-state index is 0.0903. The molecule has 0 saturated carbocycles. The number of carbonyl (C=O) groups is 2. The fourth-order valence-corrected chi connectivity index (χ4v) is 3.40. The summed E-state index contributed by atoms with van der Waals surface area (Å²) in [5.41, 5.74) is 1.51. The number of hydrogen-bond acceptors (Lipinski definition) is 3. The molecule has 0 aliphatic carbocycles. The Bertz CT molecular complexity index is 833. The van der Waals surface area contributed by atoms with Crippen LogP contribution in [0.4, 0.5) is 15.0 Å². The van der Waals surface area contributed by atoms with Crippen molar-refractivity contribution < 1.29 is 14.0 Å². The molecule has 1 N–H and O–H groups in total. The maximum atomic E-state index is 13.4. The fourth-order valence-electron chi connectivity index (χ4n) is 3.40. The SMILES string of the molecule is CCC(=O)N1CCC(N(C)C(=O)Nc2ccc(-c3cccc(F)c3)cn2)CC1. The van der Waals surface area contributed by atoms with Crippen molar-refractivity contribution >= 4 is 17.8 Å². The lowest BCUT2D eigenvalue weighted by Crippen LogP contribution is -2.48. The molecule has 0 unspecified atom stereocenters. The number of urea groups is 1. The molecular formula is C21H25FN4O2. The molecule has 1 saturated heterocycles. The Morgan fingerprint density at radius 2 is 1.96 bits per heavy atom. The van der Waals surface area contributed by atoms with Crippen LogP contribution in [-0.2, 0) is 4.79 Å². The zero-order chi connectivity index (χ0) is 20.1. The molecule has 1 aliphatic rings. The van der Waals surface area contributed by atoms with E-state index in [1.807, 2.05) is 17.9 Å². The van der Waals surface area contributed by atoms with Gasteiger partial charge in [0, 0.05) is 44.4 Å². The predicted octanol–water partition coefficient (Wildman–Crippen LogP) is 3.75. The lowest BCUT2D eigenvalue weighted by molar-refractivity contribution is -0.132. The highest BCUT2D eigenvalue weighted by Gasteiger charge is 2.27. The first kappa shape index (κ1) is 19.8. The molecule has 3 rings (SSSR count). The number of nitrogens with zero attached hydrogens (tertiary/aromatic N) is 3. The third-order valence-electron chi connectivity index (χ3n) is 5.14. The van der Waals surface area contributed by atoms with Crippen molar-refractivity contribution in [2.24, 2.45) is 0 Å². The van der Waals surface area contributed by atoms with E-state index < -0.39 is 0 Å². The standard InChI is InChI=1S/C21H25FN4O2/c1-3-20(27)26-11-9-18(10-12-26)25(2)21(28)24-19-8-7-16(14-23-19)15-5-4-6-17(22)13-15/h4-8,13-14,18H,3,9-12H2,1-2H3,(H,23,24,28). The number of hydrogen-bond donors (Lipinski definition) is 1. The molecule has 3 amide bonds. The Kier molecular flexibility index (Phi) is 6.23. The van der Waals surface area contributed by atoms with Crippen molar-refractivity contribution in [3.63, 3.8) is 0 Å². The van der Waals surface area contributed by atoms with Crippen LogP contribution in [0.15, 0.2) is 42.6 Å². The van der Waals surface area contributed by atoms with Gasteiger partial charge in [0.25, 0.3) is 0 Å². The number of piperidine rings is 1. The average molecular weight is 384 g/mol. The number of halogens is 1. The summed E-state index contributed by atoms with van der Waals surface area (Å²) in [7, 11) is 1.76. The van der Waals surface area contributed by atoms with E-state index in [0.29, 0.717) is 25.3 Å². The third-order valence-corrected chi connectivity index (χ3v) is 5.14. The summed E-state index contributed by atoms with van der Waals surface area (Å²) < 4.78 is 13.4. The van der Waals surface area contributed by atoms with Crippen molar-refractivity contribution in [1.29, 1.82) is 0 Å². The largest absolute Gasteiger partial charge is 0.343 e. The molecule has 1 aromatic heterocycles. The quantitative estimate of drug-likeness (QED) is 0.873. The molecule has 0 bridgehead atoms. The van der Waals surface area contributed by atoms with Gasteiger partial charge in [-0.3, -0.25) is 10.1 Å². The number of amides is 3. The van der Waals surface area contributed by atoms with Crippen molar-refractivity contribution in [3.8, 4) is 11.1 Å². The Balaban J connectivity index is 1.56. The second kappa shape index (κ2) is 8.82. The molecule has 2 aromatic rings. The van der Waals surface area contributed by atoms with Crippen LogP contribution in [0.2, 0.25) is 0 Å². The number of anilines is 1. The van der Waals surface area contributed by atoms with Gasteiger partial charge in [0.1, 0.15) is 11.6 Å². The van der Waals surface area contributed by atoms with Crippen LogP contribution in [0.5, 0.6) is 0 Å². The van der Waals surface area contributed by atoms with Gasteiger partial charge in [-0.2, -0.15) is 0 Å². The maximum absolute atomic E-state index is 13.4. The smallest absolute Gasteiger partial charge is 0.323 e. The number of benzene rings is 1. The second-order valence-electron chi connectivity index (χ2n) is 6.95. The average Bonchev–Trinajstić information content (AvgIpc) is 2.73. The zero-order valence-corrected chi connectivity index (χ0v) is 16.2. The van der Waals surface area contributed by atoms with Gasteiger partial charge in [0.05, 0.1) is 0 Å². The molecular weight excluding hydrogens is 359 g/mol. The van der Waals surface area contributed by atoms with E-state index in [1.165, 1.54) is 12.1 Å². The first-order valence-electron chi connectivity index (χ1n) is 9.51. The first-order valence-corrected chi connectivity index (χ1v) is 9.51. The second-order valence-corrected chi connectivity index (χ2v) is 6.95. The topological polar surface area (TPSA) is 65.5 Å². The van der Waals surface area contributed by atoms with E-state index in [-0.39, 0.29) is 23.8 Å². The summed E-state index contributed by atoms with van der Waals surface area (Å²) in [4.78, 5) is 32.1. The molecule has 28 heavy (non-hydrogen) atoms. The van der Waals surface area contributed by atoms with Gasteiger partial charge < -0.3 is 9.80 Å². The van der Waals surface area contributed by atoms with Crippen LogP contribution in [0.25, 0.3) is 11.1 Å².